The van der Waals surface area contributed by atoms with Crippen molar-refractivity contribution < 1.29 is 4.79 Å². The van der Waals surface area contributed by atoms with Gasteiger partial charge in [0.2, 0.25) is 5.91 Å². The van der Waals surface area contributed by atoms with Crippen LogP contribution in [0.25, 0.3) is 5.69 Å². The molecule has 1 N–H and O–H groups in total. The van der Waals surface area contributed by atoms with E-state index in [0.29, 0.717) is 13.0 Å². The first-order valence-electron chi connectivity index (χ1n) is 8.84. The van der Waals surface area contributed by atoms with E-state index in [1.807, 2.05) is 29.2 Å². The number of rotatable bonds is 4. The number of piperidine rings is 1. The highest BCUT2D eigenvalue weighted by atomic mass is 16.2. The summed E-state index contributed by atoms with van der Waals surface area (Å²) in [7, 11) is 0. The number of tetrazole rings is 1. The largest absolute Gasteiger partial charge is 0.342 e. The van der Waals surface area contributed by atoms with E-state index in [9.17, 15) is 9.59 Å². The Balaban J connectivity index is 1.41. The molecule has 0 saturated carbocycles. The quantitative estimate of drug-likeness (QED) is 0.729. The molecule has 1 fully saturated rings. The van der Waals surface area contributed by atoms with Gasteiger partial charge in [0.15, 0.2) is 0 Å². The minimum atomic E-state index is -0.161. The Morgan fingerprint density at radius 1 is 1.26 bits per heavy atom. The molecule has 9 heteroatoms. The molecule has 3 heterocycles. The first-order chi connectivity index (χ1) is 13.2. The molecule has 0 aliphatic carbocycles. The van der Waals surface area contributed by atoms with Crippen molar-refractivity contribution in [2.24, 2.45) is 0 Å². The van der Waals surface area contributed by atoms with E-state index >= 15 is 0 Å². The summed E-state index contributed by atoms with van der Waals surface area (Å²) in [6, 6.07) is 9.12. The molecule has 1 aromatic carbocycles. The molecule has 1 unspecified atom stereocenters. The van der Waals surface area contributed by atoms with Crippen molar-refractivity contribution in [2.75, 3.05) is 13.1 Å². The van der Waals surface area contributed by atoms with Crippen LogP contribution in [-0.2, 0) is 11.2 Å². The number of benzene rings is 1. The molecule has 3 aromatic rings. The molecular formula is C18H19N7O2. The lowest BCUT2D eigenvalue weighted by Crippen LogP contribution is -2.40. The van der Waals surface area contributed by atoms with Crippen LogP contribution in [0.1, 0.15) is 30.0 Å². The second kappa shape index (κ2) is 7.48. The summed E-state index contributed by atoms with van der Waals surface area (Å²) in [5.41, 5.74) is 2.37. The van der Waals surface area contributed by atoms with Gasteiger partial charge in [0, 0.05) is 25.1 Å². The molecule has 1 aliphatic rings. The molecule has 27 heavy (non-hydrogen) atoms. The summed E-state index contributed by atoms with van der Waals surface area (Å²) in [5.74, 6) is 0.187. The minimum Gasteiger partial charge on any atom is -0.342 e. The molecule has 0 radical (unpaired) electrons. The topological polar surface area (TPSA) is 110 Å². The molecule has 1 aliphatic heterocycles. The number of aromatic amines is 1. The van der Waals surface area contributed by atoms with Gasteiger partial charge in [0.25, 0.3) is 5.56 Å². The van der Waals surface area contributed by atoms with E-state index in [4.69, 9.17) is 0 Å². The fourth-order valence-corrected chi connectivity index (χ4v) is 3.38. The van der Waals surface area contributed by atoms with E-state index in [0.717, 1.165) is 36.3 Å². The van der Waals surface area contributed by atoms with Crippen molar-refractivity contribution >= 4 is 5.91 Å². The number of amides is 1. The number of nitrogens with one attached hydrogen (secondary N) is 1. The van der Waals surface area contributed by atoms with Gasteiger partial charge in [-0.25, -0.2) is 9.67 Å². The van der Waals surface area contributed by atoms with Crippen LogP contribution in [0.5, 0.6) is 0 Å². The lowest BCUT2D eigenvalue weighted by Gasteiger charge is -2.32. The molecule has 4 rings (SSSR count). The molecule has 1 amide bonds. The molecule has 1 atom stereocenters. The van der Waals surface area contributed by atoms with Crippen LogP contribution < -0.4 is 5.56 Å². The number of aromatic nitrogens is 6. The van der Waals surface area contributed by atoms with Crippen molar-refractivity contribution in [3.05, 3.63) is 64.6 Å². The normalized spacial score (nSPS) is 17.0. The summed E-state index contributed by atoms with van der Waals surface area (Å²) < 4.78 is 1.56. The third-order valence-corrected chi connectivity index (χ3v) is 4.80. The lowest BCUT2D eigenvalue weighted by molar-refractivity contribution is -0.131. The fourth-order valence-electron chi connectivity index (χ4n) is 3.38. The number of likely N-dealkylation sites (tertiary alicyclic amines) is 1. The Morgan fingerprint density at radius 3 is 2.85 bits per heavy atom. The zero-order valence-electron chi connectivity index (χ0n) is 14.7. The maximum Gasteiger partial charge on any atom is 0.250 e. The smallest absolute Gasteiger partial charge is 0.250 e. The summed E-state index contributed by atoms with van der Waals surface area (Å²) >= 11 is 0. The molecular weight excluding hydrogens is 346 g/mol. The first-order valence-corrected chi connectivity index (χ1v) is 8.84. The predicted molar refractivity (Wildman–Crippen MR) is 96.3 cm³/mol. The van der Waals surface area contributed by atoms with E-state index in [-0.39, 0.29) is 17.4 Å². The van der Waals surface area contributed by atoms with Gasteiger partial charge < -0.3 is 9.88 Å². The second-order valence-corrected chi connectivity index (χ2v) is 6.61. The van der Waals surface area contributed by atoms with Crippen molar-refractivity contribution in [3.8, 4) is 5.69 Å². The number of carbonyl (C=O) groups is 1. The highest BCUT2D eigenvalue weighted by Gasteiger charge is 2.25. The molecule has 1 saturated heterocycles. The van der Waals surface area contributed by atoms with Gasteiger partial charge in [-0.05, 0) is 41.0 Å². The standard InChI is InChI=1S/C18H19N7O2/c26-17-9-16(19-11-20-17)14-2-1-7-24(10-14)18(27)8-13-3-5-15(6-4-13)25-12-21-22-23-25/h3-6,9,11-12,14H,1-2,7-8,10H2,(H,19,20,26). The SMILES string of the molecule is O=C(Cc1ccc(-n2cnnn2)cc1)N1CCCC(c2cc(=O)[nH]cn2)C1. The third kappa shape index (κ3) is 3.91. The Bertz CT molecular complexity index is 966. The Kier molecular flexibility index (Phi) is 4.73. The van der Waals surface area contributed by atoms with Gasteiger partial charge in [0.05, 0.1) is 24.1 Å². The van der Waals surface area contributed by atoms with Crippen molar-refractivity contribution in [1.29, 1.82) is 0 Å². The number of carbonyl (C=O) groups excluding carboxylic acids is 1. The van der Waals surface area contributed by atoms with Crippen LogP contribution in [0.4, 0.5) is 0 Å². The van der Waals surface area contributed by atoms with Crippen LogP contribution >= 0.6 is 0 Å². The molecule has 2 aromatic heterocycles. The van der Waals surface area contributed by atoms with Crippen LogP contribution in [0, 0.1) is 0 Å². The maximum absolute atomic E-state index is 12.7. The van der Waals surface area contributed by atoms with Gasteiger partial charge in [-0.2, -0.15) is 0 Å². The maximum atomic E-state index is 12.7. The Hall–Kier alpha value is -3.36. The van der Waals surface area contributed by atoms with Gasteiger partial charge >= 0.3 is 0 Å². The van der Waals surface area contributed by atoms with Gasteiger partial charge in [-0.1, -0.05) is 12.1 Å². The summed E-state index contributed by atoms with van der Waals surface area (Å²) in [5, 5.41) is 11.1. The van der Waals surface area contributed by atoms with Gasteiger partial charge in [-0.15, -0.1) is 5.10 Å². The number of nitrogens with zero attached hydrogens (tertiary/aromatic N) is 6. The van der Waals surface area contributed by atoms with Crippen molar-refractivity contribution in [1.82, 2.24) is 35.1 Å². The highest BCUT2D eigenvalue weighted by molar-refractivity contribution is 5.79. The van der Waals surface area contributed by atoms with Crippen LogP contribution in [0.3, 0.4) is 0 Å². The minimum absolute atomic E-state index is 0.0831. The van der Waals surface area contributed by atoms with Crippen LogP contribution in [0.15, 0.2) is 47.8 Å². The Labute approximate surface area is 155 Å². The third-order valence-electron chi connectivity index (χ3n) is 4.80. The summed E-state index contributed by atoms with van der Waals surface area (Å²) in [6.45, 7) is 1.33. The van der Waals surface area contributed by atoms with Gasteiger partial charge in [-0.3, -0.25) is 9.59 Å². The monoisotopic (exact) mass is 365 g/mol. The first kappa shape index (κ1) is 17.1. The Morgan fingerprint density at radius 2 is 2.11 bits per heavy atom. The van der Waals surface area contributed by atoms with Crippen LogP contribution in [0.2, 0.25) is 0 Å². The van der Waals surface area contributed by atoms with Gasteiger partial charge in [0.1, 0.15) is 6.33 Å². The van der Waals surface area contributed by atoms with E-state index < -0.39 is 0 Å². The summed E-state index contributed by atoms with van der Waals surface area (Å²) in [6.07, 6.45) is 5.12. The van der Waals surface area contributed by atoms with Crippen LogP contribution in [-0.4, -0.2) is 54.1 Å². The molecule has 9 nitrogen and oxygen atoms in total. The highest BCUT2D eigenvalue weighted by Crippen LogP contribution is 2.25. The molecule has 0 bridgehead atoms. The predicted octanol–water partition coefficient (Wildman–Crippen LogP) is 0.694. The number of H-pyrrole nitrogens is 1. The van der Waals surface area contributed by atoms with E-state index in [2.05, 4.69) is 25.5 Å². The number of hydrogen-bond acceptors (Lipinski definition) is 6. The molecule has 0 spiro atoms. The zero-order valence-corrected chi connectivity index (χ0v) is 14.7. The van der Waals surface area contributed by atoms with Crippen molar-refractivity contribution in [3.63, 3.8) is 0 Å². The number of hydrogen-bond donors (Lipinski definition) is 1. The zero-order chi connectivity index (χ0) is 18.6. The fraction of sp³-hybridized carbons (Fsp3) is 0.333. The van der Waals surface area contributed by atoms with E-state index in [1.54, 1.807) is 4.68 Å². The lowest BCUT2D eigenvalue weighted by atomic mass is 9.94. The second-order valence-electron chi connectivity index (χ2n) is 6.61. The summed E-state index contributed by atoms with van der Waals surface area (Å²) in [4.78, 5) is 32.9. The average molecular weight is 365 g/mol. The van der Waals surface area contributed by atoms with E-state index in [1.165, 1.54) is 18.7 Å². The molecule has 138 valence electrons. The van der Waals surface area contributed by atoms with Crippen molar-refractivity contribution in [2.45, 2.75) is 25.2 Å². The average Bonchev–Trinajstić information content (AvgIpc) is 3.23.